The van der Waals surface area contributed by atoms with Crippen LogP contribution >= 0.6 is 11.6 Å². The Labute approximate surface area is 184 Å². The summed E-state index contributed by atoms with van der Waals surface area (Å²) < 4.78 is 38.9. The molecule has 2 aliphatic rings. The van der Waals surface area contributed by atoms with Crippen LogP contribution in [-0.4, -0.2) is 35.6 Å². The summed E-state index contributed by atoms with van der Waals surface area (Å²) in [6.45, 7) is 3.12. The zero-order valence-electron chi connectivity index (χ0n) is 17.1. The van der Waals surface area contributed by atoms with Crippen molar-refractivity contribution in [2.75, 3.05) is 11.1 Å². The maximum Gasteiger partial charge on any atom is 0.277 e. The van der Waals surface area contributed by atoms with Crippen LogP contribution in [0.15, 0.2) is 35.5 Å². The predicted molar refractivity (Wildman–Crippen MR) is 118 cm³/mol. The lowest BCUT2D eigenvalue weighted by Crippen LogP contribution is -2.56. The van der Waals surface area contributed by atoms with Gasteiger partial charge in [-0.05, 0) is 62.4 Å². The van der Waals surface area contributed by atoms with Crippen molar-refractivity contribution in [3.63, 3.8) is 0 Å². The van der Waals surface area contributed by atoms with Crippen molar-refractivity contribution >= 4 is 38.9 Å². The Bertz CT molecular complexity index is 1230. The number of benzene rings is 1. The molecule has 1 aliphatic carbocycles. The minimum atomic E-state index is -3.56. The second kappa shape index (κ2) is 7.27. The Morgan fingerprint density at radius 3 is 2.71 bits per heavy atom. The number of amides is 1. The number of rotatable bonds is 2. The summed E-state index contributed by atoms with van der Waals surface area (Å²) in [7, 11) is -3.56. The van der Waals surface area contributed by atoms with Crippen LogP contribution in [-0.2, 0) is 21.8 Å². The molecule has 0 bridgehead atoms. The molecule has 1 amide bonds. The molecular formula is C21H22ClFN4O3S. The van der Waals surface area contributed by atoms with Crippen molar-refractivity contribution in [1.29, 1.82) is 0 Å². The number of aryl methyl sites for hydroxylation is 1. The number of aliphatic imine (C=N–C) groups is 1. The lowest BCUT2D eigenvalue weighted by Gasteiger charge is -2.43. The number of pyridine rings is 1. The summed E-state index contributed by atoms with van der Waals surface area (Å²) >= 11 is 5.69. The van der Waals surface area contributed by atoms with Crippen LogP contribution in [0.3, 0.4) is 0 Å². The van der Waals surface area contributed by atoms with Crippen LogP contribution in [0.25, 0.3) is 0 Å². The number of nitrogens with one attached hydrogen (secondary N) is 1. The average molecular weight is 465 g/mol. The van der Waals surface area contributed by atoms with E-state index < -0.39 is 31.8 Å². The van der Waals surface area contributed by atoms with Gasteiger partial charge in [-0.1, -0.05) is 17.7 Å². The largest absolute Gasteiger partial charge is 0.386 e. The molecule has 164 valence electrons. The topological polar surface area (TPSA) is 115 Å². The van der Waals surface area contributed by atoms with Crippen LogP contribution in [0.1, 0.15) is 48.3 Å². The third-order valence-corrected chi connectivity index (χ3v) is 8.91. The average Bonchev–Trinajstić information content (AvgIpc) is 2.67. The highest BCUT2D eigenvalue weighted by molar-refractivity contribution is 7.93. The summed E-state index contributed by atoms with van der Waals surface area (Å²) in [6.07, 6.45) is 3.25. The first-order valence-corrected chi connectivity index (χ1v) is 11.8. The number of hydrogen-bond acceptors (Lipinski definition) is 6. The summed E-state index contributed by atoms with van der Waals surface area (Å²) in [5.41, 5.74) is 6.77. The highest BCUT2D eigenvalue weighted by Crippen LogP contribution is 2.45. The van der Waals surface area contributed by atoms with E-state index in [-0.39, 0.29) is 22.3 Å². The molecule has 1 aromatic heterocycles. The smallest absolute Gasteiger partial charge is 0.277 e. The Kier molecular flexibility index (Phi) is 5.09. The zero-order valence-corrected chi connectivity index (χ0v) is 18.6. The molecule has 1 aromatic carbocycles. The lowest BCUT2D eigenvalue weighted by molar-refractivity contribution is 0.101. The molecule has 3 N–H and O–H groups in total. The minimum absolute atomic E-state index is 0.0773. The molecule has 10 heteroatoms. The summed E-state index contributed by atoms with van der Waals surface area (Å²) in [5.74, 6) is -1.66. The minimum Gasteiger partial charge on any atom is -0.386 e. The Hall–Kier alpha value is -2.52. The van der Waals surface area contributed by atoms with E-state index in [1.807, 2.05) is 6.07 Å². The number of nitrogens with two attached hydrogens (primary N) is 1. The molecule has 1 spiro atoms. The van der Waals surface area contributed by atoms with Gasteiger partial charge in [-0.15, -0.1) is 0 Å². The molecular weight excluding hydrogens is 443 g/mol. The van der Waals surface area contributed by atoms with E-state index in [0.29, 0.717) is 17.7 Å². The highest BCUT2D eigenvalue weighted by atomic mass is 35.5. The maximum atomic E-state index is 14.1. The van der Waals surface area contributed by atoms with Crippen LogP contribution < -0.4 is 11.1 Å². The van der Waals surface area contributed by atoms with E-state index in [0.717, 1.165) is 24.5 Å². The molecule has 0 saturated carbocycles. The van der Waals surface area contributed by atoms with Crippen LogP contribution in [0.4, 0.5) is 10.1 Å². The number of fused-ring (bicyclic) bond motifs is 2. The second-order valence-electron chi connectivity index (χ2n) is 8.46. The van der Waals surface area contributed by atoms with Gasteiger partial charge in [0.05, 0.1) is 10.8 Å². The van der Waals surface area contributed by atoms with Gasteiger partial charge < -0.3 is 11.1 Å². The van der Waals surface area contributed by atoms with E-state index in [4.69, 9.17) is 17.3 Å². The Morgan fingerprint density at radius 1 is 1.29 bits per heavy atom. The SMILES string of the molecule is CC1(C)C(N)=NC2(CCCc3ccc(NC(=O)c4ncc(Cl)cc4F)cc32)CS1(=O)=O. The molecule has 0 saturated heterocycles. The number of amidine groups is 1. The molecule has 4 rings (SSSR count). The number of nitrogens with zero attached hydrogens (tertiary/aromatic N) is 2. The van der Waals surface area contributed by atoms with Crippen molar-refractivity contribution < 1.29 is 17.6 Å². The molecule has 7 nitrogen and oxygen atoms in total. The van der Waals surface area contributed by atoms with Crippen LogP contribution in [0.2, 0.25) is 5.02 Å². The molecule has 1 aliphatic heterocycles. The lowest BCUT2D eigenvalue weighted by atomic mass is 9.77. The van der Waals surface area contributed by atoms with Gasteiger partial charge in [0.25, 0.3) is 5.91 Å². The molecule has 1 atom stereocenters. The number of aromatic nitrogens is 1. The second-order valence-corrected chi connectivity index (χ2v) is 11.4. The van der Waals surface area contributed by atoms with Crippen molar-refractivity contribution in [3.8, 4) is 0 Å². The van der Waals surface area contributed by atoms with Gasteiger partial charge in [0.2, 0.25) is 0 Å². The van der Waals surface area contributed by atoms with Gasteiger partial charge >= 0.3 is 0 Å². The first-order chi connectivity index (χ1) is 14.4. The van der Waals surface area contributed by atoms with Gasteiger partial charge in [0, 0.05) is 11.9 Å². The fourth-order valence-corrected chi connectivity index (χ4v) is 5.96. The van der Waals surface area contributed by atoms with E-state index in [2.05, 4.69) is 15.3 Å². The van der Waals surface area contributed by atoms with Crippen molar-refractivity contribution in [2.45, 2.75) is 43.4 Å². The molecule has 2 heterocycles. The third kappa shape index (κ3) is 3.59. The number of sulfone groups is 1. The number of anilines is 1. The zero-order chi connectivity index (χ0) is 22.6. The van der Waals surface area contributed by atoms with E-state index in [1.165, 1.54) is 6.20 Å². The Balaban J connectivity index is 1.74. The fraction of sp³-hybridized carbons (Fsp3) is 0.381. The summed E-state index contributed by atoms with van der Waals surface area (Å²) in [4.78, 5) is 21.0. The first kappa shape index (κ1) is 21.7. The van der Waals surface area contributed by atoms with E-state index >= 15 is 0 Å². The molecule has 0 radical (unpaired) electrons. The number of halogens is 2. The predicted octanol–water partition coefficient (Wildman–Crippen LogP) is 3.22. The normalized spacial score (nSPS) is 23.7. The molecule has 2 aromatic rings. The monoisotopic (exact) mass is 464 g/mol. The quantitative estimate of drug-likeness (QED) is 0.708. The molecule has 0 fully saturated rings. The van der Waals surface area contributed by atoms with Gasteiger partial charge in [-0.2, -0.15) is 0 Å². The third-order valence-electron chi connectivity index (χ3n) is 6.09. The van der Waals surface area contributed by atoms with E-state index in [9.17, 15) is 17.6 Å². The van der Waals surface area contributed by atoms with E-state index in [1.54, 1.807) is 26.0 Å². The highest BCUT2D eigenvalue weighted by Gasteiger charge is 2.51. The van der Waals surface area contributed by atoms with Crippen molar-refractivity contribution in [3.05, 3.63) is 58.1 Å². The fourth-order valence-electron chi connectivity index (χ4n) is 4.10. The molecule has 1 unspecified atom stereocenters. The van der Waals surface area contributed by atoms with Gasteiger partial charge in [-0.3, -0.25) is 9.79 Å². The summed E-state index contributed by atoms with van der Waals surface area (Å²) in [5, 5.41) is 2.71. The van der Waals surface area contributed by atoms with Crippen LogP contribution in [0, 0.1) is 5.82 Å². The van der Waals surface area contributed by atoms with Crippen molar-refractivity contribution in [1.82, 2.24) is 4.98 Å². The van der Waals surface area contributed by atoms with Crippen molar-refractivity contribution in [2.24, 2.45) is 10.7 Å². The van der Waals surface area contributed by atoms with Gasteiger partial charge in [-0.25, -0.2) is 17.8 Å². The van der Waals surface area contributed by atoms with Crippen LogP contribution in [0.5, 0.6) is 0 Å². The standard InChI is InChI=1S/C21H22ClFN4O3S/c1-20(2)19(24)27-21(11-31(20,29)30)7-3-4-12-5-6-14(9-15(12)21)26-18(28)17-16(23)8-13(22)10-25-17/h5-6,8-10H,3-4,7,11H2,1-2H3,(H2,24,27)(H,26,28). The maximum absolute atomic E-state index is 14.1. The first-order valence-electron chi connectivity index (χ1n) is 9.79. The summed E-state index contributed by atoms with van der Waals surface area (Å²) in [6, 6.07) is 6.23. The molecule has 31 heavy (non-hydrogen) atoms. The van der Waals surface area contributed by atoms with Gasteiger partial charge in [0.15, 0.2) is 21.3 Å². The van der Waals surface area contributed by atoms with Gasteiger partial charge in [0.1, 0.15) is 16.1 Å². The number of hydrogen-bond donors (Lipinski definition) is 2. The number of carbonyl (C=O) groups excluding carboxylic acids is 1. The Morgan fingerprint density at radius 2 is 2.03 bits per heavy atom. The number of carbonyl (C=O) groups is 1.